The minimum absolute atomic E-state index is 0.198. The maximum atomic E-state index is 12.9. The van der Waals surface area contributed by atoms with Crippen molar-refractivity contribution in [1.82, 2.24) is 19.2 Å². The van der Waals surface area contributed by atoms with E-state index in [2.05, 4.69) is 39.2 Å². The normalized spacial score (nSPS) is 19.5. The van der Waals surface area contributed by atoms with Crippen LogP contribution < -0.4 is 0 Å². The lowest BCUT2D eigenvalue weighted by Crippen LogP contribution is -2.46. The third-order valence-electron chi connectivity index (χ3n) is 5.04. The number of nitrogens with zero attached hydrogens (tertiary/aromatic N) is 4. The number of hydrogen-bond donors (Lipinski definition) is 0. The molecule has 2 atom stereocenters. The van der Waals surface area contributed by atoms with Crippen molar-refractivity contribution in [1.29, 1.82) is 0 Å². The smallest absolute Gasteiger partial charge is 0.224 e. The summed E-state index contributed by atoms with van der Waals surface area (Å²) in [5, 5.41) is 4.57. The lowest BCUT2D eigenvalue weighted by molar-refractivity contribution is -0.136. The van der Waals surface area contributed by atoms with Gasteiger partial charge in [0.2, 0.25) is 5.91 Å². The molecule has 1 saturated heterocycles. The lowest BCUT2D eigenvalue weighted by atomic mass is 10.0. The van der Waals surface area contributed by atoms with Crippen molar-refractivity contribution in [2.45, 2.75) is 65.1 Å². The Kier molecular flexibility index (Phi) is 5.07. The van der Waals surface area contributed by atoms with Crippen LogP contribution in [0.2, 0.25) is 0 Å². The molecule has 1 fully saturated rings. The third kappa shape index (κ3) is 3.71. The van der Waals surface area contributed by atoms with Crippen molar-refractivity contribution in [3.05, 3.63) is 42.0 Å². The van der Waals surface area contributed by atoms with Crippen LogP contribution in [-0.4, -0.2) is 37.7 Å². The Balaban J connectivity index is 1.67. The molecule has 24 heavy (non-hydrogen) atoms. The molecule has 0 saturated carbocycles. The maximum absolute atomic E-state index is 12.9. The number of carbonyl (C=O) groups is 1. The van der Waals surface area contributed by atoms with Crippen molar-refractivity contribution in [3.63, 3.8) is 0 Å². The van der Waals surface area contributed by atoms with E-state index in [9.17, 15) is 4.79 Å². The molecular formula is C19H28N4O. The zero-order valence-corrected chi connectivity index (χ0v) is 15.0. The number of likely N-dealkylation sites (tertiary alicyclic amines) is 1. The second kappa shape index (κ2) is 7.24. The van der Waals surface area contributed by atoms with E-state index in [-0.39, 0.29) is 18.0 Å². The number of aromatic nitrogens is 3. The summed E-state index contributed by atoms with van der Waals surface area (Å²) in [4.78, 5) is 15.0. The summed E-state index contributed by atoms with van der Waals surface area (Å²) in [7, 11) is 0. The van der Waals surface area contributed by atoms with Gasteiger partial charge in [0, 0.05) is 37.1 Å². The van der Waals surface area contributed by atoms with Crippen LogP contribution >= 0.6 is 0 Å². The van der Waals surface area contributed by atoms with Crippen molar-refractivity contribution in [3.8, 4) is 0 Å². The first kappa shape index (κ1) is 16.8. The third-order valence-corrected chi connectivity index (χ3v) is 5.04. The Labute approximate surface area is 144 Å². The summed E-state index contributed by atoms with van der Waals surface area (Å²) >= 11 is 0. The van der Waals surface area contributed by atoms with Crippen molar-refractivity contribution in [2.24, 2.45) is 0 Å². The molecule has 5 heteroatoms. The number of amides is 1. The molecule has 0 radical (unpaired) electrons. The summed E-state index contributed by atoms with van der Waals surface area (Å²) in [5.74, 6) is 0.266. The van der Waals surface area contributed by atoms with Crippen molar-refractivity contribution in [2.75, 3.05) is 6.54 Å². The van der Waals surface area contributed by atoms with Gasteiger partial charge in [-0.2, -0.15) is 5.10 Å². The Morgan fingerprint density at radius 3 is 2.71 bits per heavy atom. The van der Waals surface area contributed by atoms with Gasteiger partial charge in [-0.1, -0.05) is 0 Å². The number of rotatable bonds is 5. The summed E-state index contributed by atoms with van der Waals surface area (Å²) < 4.78 is 4.17. The van der Waals surface area contributed by atoms with Crippen LogP contribution in [0.5, 0.6) is 0 Å². The van der Waals surface area contributed by atoms with Gasteiger partial charge in [0.1, 0.15) is 0 Å². The summed E-state index contributed by atoms with van der Waals surface area (Å²) in [6, 6.07) is 6.58. The van der Waals surface area contributed by atoms with Gasteiger partial charge >= 0.3 is 0 Å². The molecule has 5 nitrogen and oxygen atoms in total. The number of aryl methyl sites for hydroxylation is 2. The Bertz CT molecular complexity index is 674. The molecule has 130 valence electrons. The van der Waals surface area contributed by atoms with Gasteiger partial charge in [-0.3, -0.25) is 9.48 Å². The lowest BCUT2D eigenvalue weighted by Gasteiger charge is -2.36. The standard InChI is InChI=1S/C19H28N4O/c1-15-12-17(3)23(20-15)14-18-8-4-5-11-22(18)19(24)13-16(2)21-9-6-7-10-21/h6-7,9-10,12,16,18H,4-5,8,11,13-14H2,1-3H3/t16-,18-/m1/s1. The van der Waals surface area contributed by atoms with Gasteiger partial charge < -0.3 is 9.47 Å². The molecule has 2 aromatic heterocycles. The molecule has 0 unspecified atom stereocenters. The van der Waals surface area contributed by atoms with Gasteiger partial charge in [0.25, 0.3) is 0 Å². The minimum atomic E-state index is 0.198. The molecule has 0 N–H and O–H groups in total. The fraction of sp³-hybridized carbons (Fsp3) is 0.579. The van der Waals surface area contributed by atoms with Gasteiger partial charge in [0.05, 0.1) is 18.3 Å². The molecule has 0 aromatic carbocycles. The average Bonchev–Trinajstić information content (AvgIpc) is 3.18. The van der Waals surface area contributed by atoms with E-state index >= 15 is 0 Å². The zero-order valence-electron chi connectivity index (χ0n) is 15.0. The quantitative estimate of drug-likeness (QED) is 0.845. The first-order chi connectivity index (χ1) is 11.5. The molecule has 0 bridgehead atoms. The van der Waals surface area contributed by atoms with E-state index in [1.165, 1.54) is 12.1 Å². The van der Waals surface area contributed by atoms with Crippen LogP contribution in [0.25, 0.3) is 0 Å². The number of hydrogen-bond acceptors (Lipinski definition) is 2. The highest BCUT2D eigenvalue weighted by Crippen LogP contribution is 2.22. The largest absolute Gasteiger partial charge is 0.351 e. The van der Waals surface area contributed by atoms with Crippen LogP contribution in [0.3, 0.4) is 0 Å². The van der Waals surface area contributed by atoms with E-state index in [1.54, 1.807) is 0 Å². The van der Waals surface area contributed by atoms with Crippen molar-refractivity contribution < 1.29 is 4.79 Å². The van der Waals surface area contributed by atoms with E-state index in [0.717, 1.165) is 31.6 Å². The second-order valence-electron chi connectivity index (χ2n) is 7.03. The number of carbonyl (C=O) groups excluding carboxylic acids is 1. The van der Waals surface area contributed by atoms with Gasteiger partial charge in [-0.15, -0.1) is 0 Å². The van der Waals surface area contributed by atoms with Crippen molar-refractivity contribution >= 4 is 5.91 Å². The topological polar surface area (TPSA) is 43.1 Å². The molecule has 0 aliphatic carbocycles. The SMILES string of the molecule is Cc1cc(C)n(C[C@H]2CCCCN2C(=O)C[C@@H](C)n2cccc2)n1. The fourth-order valence-electron chi connectivity index (χ4n) is 3.70. The van der Waals surface area contributed by atoms with E-state index < -0.39 is 0 Å². The van der Waals surface area contributed by atoms with Crippen LogP contribution in [0.15, 0.2) is 30.6 Å². The molecular weight excluding hydrogens is 300 g/mol. The molecule has 3 heterocycles. The predicted molar refractivity (Wildman–Crippen MR) is 94.8 cm³/mol. The molecule has 3 rings (SSSR count). The van der Waals surface area contributed by atoms with E-state index in [4.69, 9.17) is 0 Å². The Morgan fingerprint density at radius 1 is 1.29 bits per heavy atom. The van der Waals surface area contributed by atoms with Gasteiger partial charge in [0.15, 0.2) is 0 Å². The van der Waals surface area contributed by atoms with Crippen LogP contribution in [0, 0.1) is 13.8 Å². The molecule has 0 spiro atoms. The number of piperidine rings is 1. The highest BCUT2D eigenvalue weighted by Gasteiger charge is 2.28. The van der Waals surface area contributed by atoms with Crippen LogP contribution in [0.1, 0.15) is 50.0 Å². The second-order valence-corrected chi connectivity index (χ2v) is 7.03. The molecule has 1 aliphatic heterocycles. The van der Waals surface area contributed by atoms with E-state index in [0.29, 0.717) is 6.42 Å². The molecule has 2 aromatic rings. The molecule has 1 amide bonds. The first-order valence-corrected chi connectivity index (χ1v) is 8.97. The van der Waals surface area contributed by atoms with Gasteiger partial charge in [-0.05, 0) is 58.2 Å². The summed E-state index contributed by atoms with van der Waals surface area (Å²) in [5.41, 5.74) is 2.22. The Morgan fingerprint density at radius 2 is 2.04 bits per heavy atom. The fourth-order valence-corrected chi connectivity index (χ4v) is 3.70. The summed E-state index contributed by atoms with van der Waals surface area (Å²) in [6.45, 7) is 7.90. The van der Waals surface area contributed by atoms with E-state index in [1.807, 2.05) is 31.5 Å². The van der Waals surface area contributed by atoms with Gasteiger partial charge in [-0.25, -0.2) is 0 Å². The first-order valence-electron chi connectivity index (χ1n) is 8.97. The average molecular weight is 328 g/mol. The highest BCUT2D eigenvalue weighted by molar-refractivity contribution is 5.77. The Hall–Kier alpha value is -2.04. The monoisotopic (exact) mass is 328 g/mol. The summed E-state index contributed by atoms with van der Waals surface area (Å²) in [6.07, 6.45) is 7.99. The van der Waals surface area contributed by atoms with Crippen LogP contribution in [-0.2, 0) is 11.3 Å². The predicted octanol–water partition coefficient (Wildman–Crippen LogP) is 3.33. The molecule has 1 aliphatic rings. The maximum Gasteiger partial charge on any atom is 0.224 e. The highest BCUT2D eigenvalue weighted by atomic mass is 16.2. The minimum Gasteiger partial charge on any atom is -0.351 e. The van der Waals surface area contributed by atoms with Crippen LogP contribution in [0.4, 0.5) is 0 Å². The zero-order chi connectivity index (χ0) is 17.1.